The number of carbonyl (C=O) groups excluding carboxylic acids is 2. The molecule has 7 nitrogen and oxygen atoms in total. The van der Waals surface area contributed by atoms with Crippen LogP contribution in [0.15, 0.2) is 47.6 Å². The Balaban J connectivity index is 1.66. The van der Waals surface area contributed by atoms with E-state index in [2.05, 4.69) is 27.8 Å². The van der Waals surface area contributed by atoms with Crippen molar-refractivity contribution in [1.82, 2.24) is 25.5 Å². The summed E-state index contributed by atoms with van der Waals surface area (Å²) in [6, 6.07) is 13.2. The Bertz CT molecular complexity index is 1030. The normalized spacial score (nSPS) is 11.9. The molecule has 0 unspecified atom stereocenters. The highest BCUT2D eigenvalue weighted by atomic mass is 32.2. The van der Waals surface area contributed by atoms with Gasteiger partial charge in [0.25, 0.3) is 0 Å². The van der Waals surface area contributed by atoms with Gasteiger partial charge in [0.05, 0.1) is 17.5 Å². The van der Waals surface area contributed by atoms with E-state index in [1.807, 2.05) is 44.2 Å². The van der Waals surface area contributed by atoms with Crippen LogP contribution in [0.4, 0.5) is 0 Å². The van der Waals surface area contributed by atoms with Crippen LogP contribution in [0.25, 0.3) is 5.69 Å². The van der Waals surface area contributed by atoms with E-state index >= 15 is 0 Å². The van der Waals surface area contributed by atoms with Crippen molar-refractivity contribution < 1.29 is 9.59 Å². The fourth-order valence-electron chi connectivity index (χ4n) is 2.85. The number of hydrogen-bond acceptors (Lipinski definition) is 6. The second-order valence-corrected chi connectivity index (χ2v) is 7.84. The van der Waals surface area contributed by atoms with Gasteiger partial charge < -0.3 is 5.32 Å². The van der Waals surface area contributed by atoms with Crippen LogP contribution in [0.2, 0.25) is 0 Å². The average Bonchev–Trinajstić information content (AvgIpc) is 3.16. The second kappa shape index (κ2) is 9.00. The molecule has 0 spiro atoms. The Morgan fingerprint density at radius 3 is 2.48 bits per heavy atom. The summed E-state index contributed by atoms with van der Waals surface area (Å²) in [4.78, 5) is 23.8. The summed E-state index contributed by atoms with van der Waals surface area (Å²) in [5.41, 5.74) is 4.77. The van der Waals surface area contributed by atoms with Crippen molar-refractivity contribution in [3.63, 3.8) is 0 Å². The summed E-state index contributed by atoms with van der Waals surface area (Å²) in [6.45, 7) is 7.48. The Labute approximate surface area is 173 Å². The van der Waals surface area contributed by atoms with E-state index in [1.165, 1.54) is 24.2 Å². The molecule has 1 amide bonds. The number of ketones is 1. The van der Waals surface area contributed by atoms with Crippen molar-refractivity contribution in [3.8, 4) is 5.69 Å². The smallest absolute Gasteiger partial charge is 0.217 e. The fraction of sp³-hybridized carbons (Fsp3) is 0.286. The molecule has 2 aromatic carbocycles. The Kier molecular flexibility index (Phi) is 6.43. The number of benzene rings is 2. The summed E-state index contributed by atoms with van der Waals surface area (Å²) >= 11 is 1.30. The van der Waals surface area contributed by atoms with E-state index in [9.17, 15) is 9.59 Å². The maximum atomic E-state index is 12.6. The molecule has 0 saturated carbocycles. The number of rotatable bonds is 7. The van der Waals surface area contributed by atoms with Crippen LogP contribution in [0.3, 0.4) is 0 Å². The number of tetrazole rings is 1. The SMILES string of the molecule is CC(=O)N[C@@H](C)c1ccc(C(=O)CSc2nnnn2-c2ccc(C)c(C)c2)cc1. The summed E-state index contributed by atoms with van der Waals surface area (Å²) in [5, 5.41) is 15.2. The highest BCUT2D eigenvalue weighted by Crippen LogP contribution is 2.21. The molecular formula is C21H23N5O2S. The van der Waals surface area contributed by atoms with Crippen molar-refractivity contribution in [2.24, 2.45) is 0 Å². The van der Waals surface area contributed by atoms with Crippen LogP contribution in [0.1, 0.15) is 46.9 Å². The number of nitrogens with one attached hydrogen (secondary N) is 1. The first kappa shape index (κ1) is 20.7. The third-order valence-corrected chi connectivity index (χ3v) is 5.58. The molecular weight excluding hydrogens is 386 g/mol. The average molecular weight is 410 g/mol. The van der Waals surface area contributed by atoms with E-state index in [0.29, 0.717) is 10.7 Å². The van der Waals surface area contributed by atoms with E-state index in [-0.39, 0.29) is 23.5 Å². The number of aromatic nitrogens is 4. The zero-order valence-electron chi connectivity index (χ0n) is 16.8. The molecule has 3 aromatic rings. The number of carbonyl (C=O) groups is 2. The van der Waals surface area contributed by atoms with Crippen molar-refractivity contribution in [1.29, 1.82) is 0 Å². The van der Waals surface area contributed by atoms with Gasteiger partial charge in [-0.3, -0.25) is 9.59 Å². The van der Waals surface area contributed by atoms with Crippen LogP contribution in [-0.4, -0.2) is 37.7 Å². The van der Waals surface area contributed by atoms with Crippen molar-refractivity contribution in [2.45, 2.75) is 38.9 Å². The molecule has 150 valence electrons. The topological polar surface area (TPSA) is 89.8 Å². The predicted molar refractivity (Wildman–Crippen MR) is 112 cm³/mol. The first-order chi connectivity index (χ1) is 13.8. The minimum absolute atomic E-state index is 0.0108. The van der Waals surface area contributed by atoms with Gasteiger partial charge in [0.1, 0.15) is 0 Å². The summed E-state index contributed by atoms with van der Waals surface area (Å²) in [7, 11) is 0. The summed E-state index contributed by atoms with van der Waals surface area (Å²) in [5.74, 6) is 0.130. The van der Waals surface area contributed by atoms with Crippen molar-refractivity contribution >= 4 is 23.5 Å². The molecule has 1 N–H and O–H groups in total. The third-order valence-electron chi connectivity index (χ3n) is 4.66. The molecule has 8 heteroatoms. The molecule has 1 atom stereocenters. The van der Waals surface area contributed by atoms with Crippen molar-refractivity contribution in [3.05, 3.63) is 64.7 Å². The third kappa shape index (κ3) is 5.08. The van der Waals surface area contributed by atoms with Gasteiger partial charge in [0, 0.05) is 12.5 Å². The van der Waals surface area contributed by atoms with Crippen LogP contribution < -0.4 is 5.32 Å². The highest BCUT2D eigenvalue weighted by molar-refractivity contribution is 7.99. The number of thioether (sulfide) groups is 1. The predicted octanol–water partition coefficient (Wildman–Crippen LogP) is 3.45. The molecule has 29 heavy (non-hydrogen) atoms. The molecule has 0 aliphatic rings. The zero-order chi connectivity index (χ0) is 21.0. The highest BCUT2D eigenvalue weighted by Gasteiger charge is 2.14. The monoisotopic (exact) mass is 409 g/mol. The largest absolute Gasteiger partial charge is 0.350 e. The lowest BCUT2D eigenvalue weighted by atomic mass is 10.0. The van der Waals surface area contributed by atoms with Crippen LogP contribution in [0.5, 0.6) is 0 Å². The summed E-state index contributed by atoms with van der Waals surface area (Å²) in [6.07, 6.45) is 0. The zero-order valence-corrected chi connectivity index (χ0v) is 17.7. The van der Waals surface area contributed by atoms with Crippen LogP contribution >= 0.6 is 11.8 Å². The van der Waals surface area contributed by atoms with Gasteiger partial charge in [-0.05, 0) is 60.0 Å². The van der Waals surface area contributed by atoms with E-state index in [4.69, 9.17) is 0 Å². The Hall–Kier alpha value is -3.00. The number of Topliss-reactive ketones (excluding diaryl/α,β-unsaturated/α-hetero) is 1. The van der Waals surface area contributed by atoms with Gasteiger partial charge in [-0.25, -0.2) is 0 Å². The molecule has 0 bridgehead atoms. The van der Waals surface area contributed by atoms with Gasteiger partial charge in [-0.15, -0.1) is 5.10 Å². The minimum Gasteiger partial charge on any atom is -0.350 e. The minimum atomic E-state index is -0.103. The summed E-state index contributed by atoms with van der Waals surface area (Å²) < 4.78 is 1.64. The number of amides is 1. The lowest BCUT2D eigenvalue weighted by molar-refractivity contribution is -0.119. The van der Waals surface area contributed by atoms with E-state index < -0.39 is 0 Å². The molecule has 0 radical (unpaired) electrons. The fourth-order valence-corrected chi connectivity index (χ4v) is 3.63. The van der Waals surface area contributed by atoms with Gasteiger partial charge >= 0.3 is 0 Å². The van der Waals surface area contributed by atoms with Gasteiger partial charge in [0.15, 0.2) is 5.78 Å². The maximum absolute atomic E-state index is 12.6. The van der Waals surface area contributed by atoms with Gasteiger partial charge in [-0.1, -0.05) is 42.1 Å². The number of aryl methyl sites for hydroxylation is 2. The molecule has 3 rings (SSSR count). The van der Waals surface area contributed by atoms with E-state index in [1.54, 1.807) is 16.8 Å². The lowest BCUT2D eigenvalue weighted by Crippen LogP contribution is -2.23. The second-order valence-electron chi connectivity index (χ2n) is 6.90. The standard InChI is InChI=1S/C21H23N5O2S/c1-13-5-10-19(11-14(13)2)26-21(23-24-25-26)29-12-20(28)18-8-6-17(7-9-18)15(3)22-16(4)27/h5-11,15H,12H2,1-4H3,(H,22,27)/t15-/m0/s1. The number of nitrogens with zero attached hydrogens (tertiary/aromatic N) is 4. The van der Waals surface area contributed by atoms with Crippen LogP contribution in [0, 0.1) is 13.8 Å². The molecule has 1 heterocycles. The quantitative estimate of drug-likeness (QED) is 0.475. The molecule has 0 aliphatic heterocycles. The Morgan fingerprint density at radius 2 is 1.83 bits per heavy atom. The Morgan fingerprint density at radius 1 is 1.10 bits per heavy atom. The van der Waals surface area contributed by atoms with Crippen LogP contribution in [-0.2, 0) is 4.79 Å². The van der Waals surface area contributed by atoms with E-state index in [0.717, 1.165) is 16.8 Å². The molecule has 0 fully saturated rings. The first-order valence-corrected chi connectivity index (χ1v) is 10.2. The maximum Gasteiger partial charge on any atom is 0.217 e. The molecule has 0 aliphatic carbocycles. The van der Waals surface area contributed by atoms with Gasteiger partial charge in [-0.2, -0.15) is 4.68 Å². The first-order valence-electron chi connectivity index (χ1n) is 9.24. The van der Waals surface area contributed by atoms with Gasteiger partial charge in [0.2, 0.25) is 11.1 Å². The molecule has 1 aromatic heterocycles. The lowest BCUT2D eigenvalue weighted by Gasteiger charge is -2.13. The molecule has 0 saturated heterocycles. The number of hydrogen-bond donors (Lipinski definition) is 1. The van der Waals surface area contributed by atoms with Crippen molar-refractivity contribution in [2.75, 3.05) is 5.75 Å².